The second-order valence-corrected chi connectivity index (χ2v) is 6.11. The lowest BCUT2D eigenvalue weighted by Gasteiger charge is -2.32. The number of carbonyl (C=O) groups is 1. The molecule has 0 aliphatic carbocycles. The third kappa shape index (κ3) is 4.13. The number of hydrogen-bond acceptors (Lipinski definition) is 3. The summed E-state index contributed by atoms with van der Waals surface area (Å²) >= 11 is 7.60. The molecule has 1 amide bonds. The molecule has 2 rings (SSSR count). The molecule has 3 nitrogen and oxygen atoms in total. The van der Waals surface area contributed by atoms with Crippen molar-refractivity contribution in [2.75, 3.05) is 25.9 Å². The van der Waals surface area contributed by atoms with Crippen molar-refractivity contribution < 1.29 is 4.79 Å². The average molecular weight is 299 g/mol. The van der Waals surface area contributed by atoms with E-state index in [4.69, 9.17) is 11.6 Å². The topological polar surface area (TPSA) is 32.3 Å². The summed E-state index contributed by atoms with van der Waals surface area (Å²) in [5.74, 6) is 0.657. The van der Waals surface area contributed by atoms with Gasteiger partial charge in [0.2, 0.25) is 5.91 Å². The van der Waals surface area contributed by atoms with Gasteiger partial charge in [0.05, 0.1) is 10.8 Å². The standard InChI is InChI=1S/C14H19ClN2OS/c1-16-11-5-4-8-17(9-11)14(18)10-19-13-7-3-2-6-12(13)15/h2-3,6-7,11,16H,4-5,8-10H2,1H3. The van der Waals surface area contributed by atoms with Crippen molar-refractivity contribution in [3.63, 3.8) is 0 Å². The lowest BCUT2D eigenvalue weighted by molar-refractivity contribution is -0.129. The van der Waals surface area contributed by atoms with Crippen LogP contribution in [-0.4, -0.2) is 42.7 Å². The van der Waals surface area contributed by atoms with E-state index < -0.39 is 0 Å². The Morgan fingerprint density at radius 3 is 3.05 bits per heavy atom. The number of carbonyl (C=O) groups excluding carboxylic acids is 1. The van der Waals surface area contributed by atoms with Gasteiger partial charge in [0, 0.05) is 24.0 Å². The number of nitrogens with one attached hydrogen (secondary N) is 1. The molecule has 1 aromatic rings. The average Bonchev–Trinajstić information content (AvgIpc) is 2.46. The Labute approximate surface area is 123 Å². The molecule has 1 fully saturated rings. The summed E-state index contributed by atoms with van der Waals surface area (Å²) < 4.78 is 0. The van der Waals surface area contributed by atoms with Gasteiger partial charge in [-0.1, -0.05) is 23.7 Å². The van der Waals surface area contributed by atoms with Crippen LogP contribution in [0.1, 0.15) is 12.8 Å². The maximum absolute atomic E-state index is 12.2. The molecule has 19 heavy (non-hydrogen) atoms. The summed E-state index contributed by atoms with van der Waals surface area (Å²) in [6.45, 7) is 1.69. The molecule has 1 atom stereocenters. The summed E-state index contributed by atoms with van der Waals surface area (Å²) in [4.78, 5) is 15.1. The maximum Gasteiger partial charge on any atom is 0.232 e. The molecule has 0 radical (unpaired) electrons. The van der Waals surface area contributed by atoms with Crippen LogP contribution in [0.5, 0.6) is 0 Å². The van der Waals surface area contributed by atoms with Gasteiger partial charge in [0.15, 0.2) is 0 Å². The Morgan fingerprint density at radius 2 is 2.32 bits per heavy atom. The molecular formula is C14H19ClN2OS. The van der Waals surface area contributed by atoms with E-state index >= 15 is 0 Å². The number of halogens is 1. The second kappa shape index (κ2) is 7.17. The summed E-state index contributed by atoms with van der Waals surface area (Å²) in [7, 11) is 1.96. The maximum atomic E-state index is 12.2. The molecule has 1 saturated heterocycles. The predicted molar refractivity (Wildman–Crippen MR) is 80.8 cm³/mol. The van der Waals surface area contributed by atoms with E-state index in [1.165, 1.54) is 11.8 Å². The van der Waals surface area contributed by atoms with Crippen LogP contribution in [0, 0.1) is 0 Å². The number of nitrogens with zero attached hydrogens (tertiary/aromatic N) is 1. The van der Waals surface area contributed by atoms with Crippen LogP contribution in [0.15, 0.2) is 29.2 Å². The van der Waals surface area contributed by atoms with Gasteiger partial charge in [-0.3, -0.25) is 4.79 Å². The van der Waals surface area contributed by atoms with Crippen molar-refractivity contribution >= 4 is 29.3 Å². The number of likely N-dealkylation sites (tertiary alicyclic amines) is 1. The van der Waals surface area contributed by atoms with E-state index in [1.807, 2.05) is 36.2 Å². The van der Waals surface area contributed by atoms with Crippen molar-refractivity contribution in [3.05, 3.63) is 29.3 Å². The number of piperidine rings is 1. The van der Waals surface area contributed by atoms with Crippen molar-refractivity contribution in [1.29, 1.82) is 0 Å². The lowest BCUT2D eigenvalue weighted by Crippen LogP contribution is -2.47. The minimum Gasteiger partial charge on any atom is -0.340 e. The van der Waals surface area contributed by atoms with Crippen LogP contribution in [0.4, 0.5) is 0 Å². The minimum absolute atomic E-state index is 0.199. The summed E-state index contributed by atoms with van der Waals surface area (Å²) in [5, 5.41) is 3.96. The molecule has 104 valence electrons. The predicted octanol–water partition coefficient (Wildman–Crippen LogP) is 2.64. The fourth-order valence-corrected chi connectivity index (χ4v) is 3.37. The van der Waals surface area contributed by atoms with Crippen molar-refractivity contribution in [2.24, 2.45) is 0 Å². The zero-order chi connectivity index (χ0) is 13.7. The van der Waals surface area contributed by atoms with E-state index in [1.54, 1.807) is 0 Å². The monoisotopic (exact) mass is 298 g/mol. The number of benzene rings is 1. The SMILES string of the molecule is CNC1CCCN(C(=O)CSc2ccccc2Cl)C1. The first-order valence-corrected chi connectivity index (χ1v) is 7.89. The molecule has 1 heterocycles. The molecule has 1 unspecified atom stereocenters. The number of likely N-dealkylation sites (N-methyl/N-ethyl adjacent to an activating group) is 1. The first kappa shape index (κ1) is 14.7. The molecule has 1 N–H and O–H groups in total. The highest BCUT2D eigenvalue weighted by atomic mass is 35.5. The smallest absolute Gasteiger partial charge is 0.232 e. The Kier molecular flexibility index (Phi) is 5.55. The first-order chi connectivity index (χ1) is 9.20. The second-order valence-electron chi connectivity index (χ2n) is 4.69. The van der Waals surface area contributed by atoms with Crippen LogP contribution >= 0.6 is 23.4 Å². The fourth-order valence-electron chi connectivity index (χ4n) is 2.23. The highest BCUT2D eigenvalue weighted by Crippen LogP contribution is 2.27. The van der Waals surface area contributed by atoms with Crippen LogP contribution in [0.3, 0.4) is 0 Å². The minimum atomic E-state index is 0.199. The van der Waals surface area contributed by atoms with E-state index in [-0.39, 0.29) is 5.91 Å². The van der Waals surface area contributed by atoms with E-state index in [0.717, 1.165) is 30.8 Å². The quantitative estimate of drug-likeness (QED) is 0.867. The molecule has 1 aromatic carbocycles. The molecule has 5 heteroatoms. The first-order valence-electron chi connectivity index (χ1n) is 6.53. The highest BCUT2D eigenvalue weighted by molar-refractivity contribution is 8.00. The number of hydrogen-bond donors (Lipinski definition) is 1. The largest absolute Gasteiger partial charge is 0.340 e. The van der Waals surface area contributed by atoms with Gasteiger partial charge >= 0.3 is 0 Å². The Bertz CT molecular complexity index is 441. The van der Waals surface area contributed by atoms with Crippen LogP contribution < -0.4 is 5.32 Å². The van der Waals surface area contributed by atoms with Gasteiger partial charge in [-0.25, -0.2) is 0 Å². The molecule has 0 aromatic heterocycles. The van der Waals surface area contributed by atoms with Crippen LogP contribution in [-0.2, 0) is 4.79 Å². The molecular weight excluding hydrogens is 280 g/mol. The Hall–Kier alpha value is -0.710. The summed E-state index contributed by atoms with van der Waals surface area (Å²) in [6.07, 6.45) is 2.23. The van der Waals surface area contributed by atoms with Gasteiger partial charge in [-0.15, -0.1) is 11.8 Å². The third-order valence-corrected chi connectivity index (χ3v) is 4.87. The van der Waals surface area contributed by atoms with E-state index in [0.29, 0.717) is 16.8 Å². The molecule has 0 bridgehead atoms. The van der Waals surface area contributed by atoms with Gasteiger partial charge in [-0.05, 0) is 32.0 Å². The van der Waals surface area contributed by atoms with Gasteiger partial charge in [-0.2, -0.15) is 0 Å². The fraction of sp³-hybridized carbons (Fsp3) is 0.500. The van der Waals surface area contributed by atoms with Crippen molar-refractivity contribution in [3.8, 4) is 0 Å². The lowest BCUT2D eigenvalue weighted by atomic mass is 10.1. The van der Waals surface area contributed by atoms with Gasteiger partial charge in [0.25, 0.3) is 0 Å². The molecule has 1 aliphatic rings. The zero-order valence-electron chi connectivity index (χ0n) is 11.1. The Balaban J connectivity index is 1.86. The number of thioether (sulfide) groups is 1. The van der Waals surface area contributed by atoms with Crippen molar-refractivity contribution in [2.45, 2.75) is 23.8 Å². The van der Waals surface area contributed by atoms with E-state index in [2.05, 4.69) is 5.32 Å². The summed E-state index contributed by atoms with van der Waals surface area (Å²) in [5.41, 5.74) is 0. The number of amides is 1. The third-order valence-electron chi connectivity index (χ3n) is 3.37. The zero-order valence-corrected chi connectivity index (χ0v) is 12.6. The van der Waals surface area contributed by atoms with Crippen molar-refractivity contribution in [1.82, 2.24) is 10.2 Å². The van der Waals surface area contributed by atoms with Gasteiger partial charge < -0.3 is 10.2 Å². The number of rotatable bonds is 4. The van der Waals surface area contributed by atoms with Gasteiger partial charge in [0.1, 0.15) is 0 Å². The molecule has 1 aliphatic heterocycles. The normalized spacial score (nSPS) is 19.5. The molecule has 0 spiro atoms. The molecule has 0 saturated carbocycles. The Morgan fingerprint density at radius 1 is 1.53 bits per heavy atom. The van der Waals surface area contributed by atoms with E-state index in [9.17, 15) is 4.79 Å². The van der Waals surface area contributed by atoms with Crippen LogP contribution in [0.25, 0.3) is 0 Å². The van der Waals surface area contributed by atoms with Crippen LogP contribution in [0.2, 0.25) is 5.02 Å². The highest BCUT2D eigenvalue weighted by Gasteiger charge is 2.22. The summed E-state index contributed by atoms with van der Waals surface area (Å²) in [6, 6.07) is 8.08.